The molecule has 0 aliphatic carbocycles. The highest BCUT2D eigenvalue weighted by Gasteiger charge is 2.66. The van der Waals surface area contributed by atoms with E-state index in [1.54, 1.807) is 46.8 Å². The van der Waals surface area contributed by atoms with Gasteiger partial charge in [-0.2, -0.15) is 0 Å². The Bertz CT molecular complexity index is 2580. The molecule has 1 aromatic heterocycles. The maximum absolute atomic E-state index is 16.7. The summed E-state index contributed by atoms with van der Waals surface area (Å²) in [6.45, 7) is 5.72. The molecule has 306 valence electrons. The van der Waals surface area contributed by atoms with Crippen LogP contribution in [0.2, 0.25) is 18.6 Å². The molecule has 5 aromatic carbocycles. The fourth-order valence-corrected chi connectivity index (χ4v) is 12.1. The lowest BCUT2D eigenvalue weighted by Crippen LogP contribution is -2.45. The van der Waals surface area contributed by atoms with Gasteiger partial charge in [0.25, 0.3) is 11.8 Å². The number of aryl methyl sites for hydroxylation is 1. The van der Waals surface area contributed by atoms with Crippen LogP contribution >= 0.6 is 0 Å². The van der Waals surface area contributed by atoms with Crippen LogP contribution in [-0.4, -0.2) is 60.1 Å². The van der Waals surface area contributed by atoms with Crippen LogP contribution in [0.4, 0.5) is 21.2 Å². The molecule has 9 rings (SSSR count). The van der Waals surface area contributed by atoms with Crippen LogP contribution in [0.5, 0.6) is 17.2 Å². The third kappa shape index (κ3) is 6.66. The zero-order chi connectivity index (χ0) is 41.8. The first-order chi connectivity index (χ1) is 29.0. The van der Waals surface area contributed by atoms with Crippen LogP contribution < -0.4 is 19.3 Å². The second-order valence-corrected chi connectivity index (χ2v) is 20.1. The summed E-state index contributed by atoms with van der Waals surface area (Å²) in [4.78, 5) is 32.8. The van der Waals surface area contributed by atoms with Crippen LogP contribution in [0, 0.1) is 5.92 Å². The third-order valence-electron chi connectivity index (χ3n) is 12.3. The smallest absolute Gasteiger partial charge is 0.266 e. The summed E-state index contributed by atoms with van der Waals surface area (Å²) in [5.74, 6) is 0.211. The number of aliphatic hydroxyl groups is 1. The molecule has 4 heterocycles. The van der Waals surface area contributed by atoms with Crippen LogP contribution in [0.15, 0.2) is 128 Å². The van der Waals surface area contributed by atoms with Crippen LogP contribution in [0.1, 0.15) is 52.0 Å². The zero-order valence-corrected chi connectivity index (χ0v) is 34.9. The number of aromatic nitrogens is 3. The van der Waals surface area contributed by atoms with E-state index < -0.39 is 31.6 Å². The van der Waals surface area contributed by atoms with Gasteiger partial charge in [-0.15, -0.1) is 5.10 Å². The number of amides is 2. The average molecular weight is 824 g/mol. The lowest BCUT2D eigenvalue weighted by Gasteiger charge is -2.31. The number of para-hydroxylation sites is 3. The molecule has 0 saturated carbocycles. The van der Waals surface area contributed by atoms with Crippen molar-refractivity contribution >= 4 is 37.3 Å². The number of halogens is 1. The average Bonchev–Trinajstić information content (AvgIpc) is 3.88. The van der Waals surface area contributed by atoms with Crippen LogP contribution in [-0.2, 0) is 28.2 Å². The van der Waals surface area contributed by atoms with Crippen molar-refractivity contribution in [1.82, 2.24) is 15.0 Å². The molecule has 1 N–H and O–H groups in total. The lowest BCUT2D eigenvalue weighted by molar-refractivity contribution is -0.146. The minimum atomic E-state index is -3.46. The van der Waals surface area contributed by atoms with E-state index in [2.05, 4.69) is 10.3 Å². The van der Waals surface area contributed by atoms with Gasteiger partial charge in [0.1, 0.15) is 11.5 Å². The molecule has 2 amide bonds. The monoisotopic (exact) mass is 823 g/mol. The van der Waals surface area contributed by atoms with E-state index in [9.17, 15) is 9.90 Å². The minimum Gasteiger partial charge on any atom is -0.497 e. The van der Waals surface area contributed by atoms with Gasteiger partial charge in [-0.25, -0.2) is 0 Å². The van der Waals surface area contributed by atoms with Crippen molar-refractivity contribution in [3.8, 4) is 17.2 Å². The first-order valence-electron chi connectivity index (χ1n) is 20.2. The van der Waals surface area contributed by atoms with Crippen molar-refractivity contribution in [1.29, 1.82) is 0 Å². The Hall–Kier alpha value is -6.15. The molecule has 1 spiro atoms. The van der Waals surface area contributed by atoms with Crippen LogP contribution in [0.25, 0.3) is 0 Å². The number of aliphatic hydroxyl groups excluding tert-OH is 1. The Morgan fingerprint density at radius 3 is 2.42 bits per heavy atom. The lowest BCUT2D eigenvalue weighted by atomic mass is 9.82. The summed E-state index contributed by atoms with van der Waals surface area (Å²) < 4.78 is 37.3. The van der Waals surface area contributed by atoms with Gasteiger partial charge in [-0.05, 0) is 85.2 Å². The van der Waals surface area contributed by atoms with Crippen molar-refractivity contribution in [2.75, 3.05) is 23.5 Å². The van der Waals surface area contributed by atoms with E-state index >= 15 is 8.90 Å². The van der Waals surface area contributed by atoms with E-state index in [0.717, 1.165) is 11.1 Å². The van der Waals surface area contributed by atoms with Crippen molar-refractivity contribution in [2.45, 2.75) is 62.7 Å². The molecule has 1 fully saturated rings. The topological polar surface area (TPSA) is 119 Å². The predicted molar refractivity (Wildman–Crippen MR) is 228 cm³/mol. The highest BCUT2D eigenvalue weighted by Crippen LogP contribution is 2.61. The second-order valence-electron chi connectivity index (χ2n) is 16.3. The minimum absolute atomic E-state index is 0.127. The molecule has 1 unspecified atom stereocenters. The Balaban J connectivity index is 1.03. The number of hydrogen-bond donors (Lipinski definition) is 1. The summed E-state index contributed by atoms with van der Waals surface area (Å²) in [7, 11) is -1.88. The summed E-state index contributed by atoms with van der Waals surface area (Å²) >= 11 is 0. The number of nitrogens with zero attached hydrogens (tertiary/aromatic N) is 5. The molecule has 0 radical (unpaired) electrons. The van der Waals surface area contributed by atoms with Gasteiger partial charge in [0, 0.05) is 35.5 Å². The number of rotatable bonds is 11. The summed E-state index contributed by atoms with van der Waals surface area (Å²) in [5, 5.41) is 19.0. The number of hydrogen-bond acceptors (Lipinski definition) is 8. The van der Waals surface area contributed by atoms with E-state index in [1.807, 2.05) is 122 Å². The molecule has 3 aliphatic rings. The van der Waals surface area contributed by atoms with Gasteiger partial charge in [-0.1, -0.05) is 78.9 Å². The van der Waals surface area contributed by atoms with E-state index in [4.69, 9.17) is 14.2 Å². The molecule has 60 heavy (non-hydrogen) atoms. The first-order valence-corrected chi connectivity index (χ1v) is 23.2. The highest BCUT2D eigenvalue weighted by molar-refractivity contribution is 6.72. The Morgan fingerprint density at radius 1 is 0.900 bits per heavy atom. The molecule has 3 aliphatic heterocycles. The molecular weight excluding hydrogens is 778 g/mol. The van der Waals surface area contributed by atoms with Gasteiger partial charge in [0.05, 0.1) is 54.9 Å². The number of carbonyl (C=O) groups excluding carboxylic acids is 2. The number of fused-ring (bicyclic) bond motifs is 4. The summed E-state index contributed by atoms with van der Waals surface area (Å²) in [6.07, 6.45) is 1.60. The van der Waals surface area contributed by atoms with Crippen molar-refractivity contribution < 1.29 is 33.0 Å². The van der Waals surface area contributed by atoms with Gasteiger partial charge >= 0.3 is 0 Å². The molecule has 6 aromatic rings. The molecule has 5 atom stereocenters. The number of carbonyl (C=O) groups is 2. The van der Waals surface area contributed by atoms with Crippen LogP contribution in [0.3, 0.4) is 0 Å². The maximum atomic E-state index is 16.7. The van der Waals surface area contributed by atoms with Crippen molar-refractivity contribution in [2.24, 2.45) is 5.92 Å². The quantitative estimate of drug-likeness (QED) is 0.102. The number of methoxy groups -OCH3 is 1. The maximum Gasteiger partial charge on any atom is 0.266 e. The normalized spacial score (nSPS) is 21.3. The molecule has 13 heteroatoms. The number of ether oxygens (including phenoxy) is 3. The second kappa shape index (κ2) is 15.5. The van der Waals surface area contributed by atoms with E-state index in [1.165, 1.54) is 0 Å². The Labute approximate surface area is 349 Å². The molecule has 0 bridgehead atoms. The predicted octanol–water partition coefficient (Wildman–Crippen LogP) is 8.91. The van der Waals surface area contributed by atoms with Crippen molar-refractivity contribution in [3.05, 3.63) is 155 Å². The number of benzene rings is 5. The fraction of sp³-hybridized carbons (Fsp3) is 0.277. The zero-order valence-electron chi connectivity index (χ0n) is 33.9. The largest absolute Gasteiger partial charge is 0.497 e. The Kier molecular flexibility index (Phi) is 10.1. The van der Waals surface area contributed by atoms with E-state index in [-0.39, 0.29) is 30.9 Å². The standard InChI is InChI=1S/C47H46FN5O6Si/c1-30-44(60(3,4)48)43(23-24-51-28-38(49-50-51)36(29-54)32-14-6-5-7-15-32)59-47(30)37-26-34(57-2)21-22-39(37)52(46(47)56)27-31-13-12-16-33(25-31)53-40-18-9-11-20-42(40)58-41-19-10-8-17-35(41)45(53)55/h5-22,25-26,28,30,36,43-44,54H,23-24,27,29H2,1-4H3/t30-,36?,43+,44-,47+/m0/s1. The molecule has 11 nitrogen and oxygen atoms in total. The molecule has 1 saturated heterocycles. The Morgan fingerprint density at radius 2 is 1.65 bits per heavy atom. The highest BCUT2D eigenvalue weighted by atomic mass is 28.4. The van der Waals surface area contributed by atoms with Gasteiger partial charge in [0.15, 0.2) is 11.4 Å². The van der Waals surface area contributed by atoms with Gasteiger partial charge in [0.2, 0.25) is 8.41 Å². The fourth-order valence-electron chi connectivity index (χ4n) is 9.52. The molecular formula is C47H46FN5O6Si. The first kappa shape index (κ1) is 39.3. The third-order valence-corrected chi connectivity index (χ3v) is 14.7. The van der Waals surface area contributed by atoms with E-state index in [0.29, 0.717) is 64.1 Å². The van der Waals surface area contributed by atoms with Gasteiger partial charge < -0.3 is 28.3 Å². The number of anilines is 3. The SMILES string of the molecule is COc1ccc2c(c1)[C@@]1(O[C@H](CCn3cc(C(CO)c4ccccc4)nn3)[C@@H]([Si](C)(C)F)[C@@H]1C)C(=O)N2Cc1cccc(N2C(=O)c3ccccc3Oc3ccccc32)c1. The summed E-state index contributed by atoms with van der Waals surface area (Å²) in [6, 6.07) is 37.4. The van der Waals surface area contributed by atoms with Crippen molar-refractivity contribution in [3.63, 3.8) is 0 Å². The van der Waals surface area contributed by atoms with Gasteiger partial charge in [-0.3, -0.25) is 19.2 Å². The summed E-state index contributed by atoms with van der Waals surface area (Å²) in [5.41, 5.74) is 3.28.